The lowest BCUT2D eigenvalue weighted by Crippen LogP contribution is -2.51. The highest BCUT2D eigenvalue weighted by molar-refractivity contribution is 6.22. The van der Waals surface area contributed by atoms with Gasteiger partial charge >= 0.3 is 6.03 Å². The van der Waals surface area contributed by atoms with Crippen LogP contribution in [0.2, 0.25) is 0 Å². The third-order valence-corrected chi connectivity index (χ3v) is 5.59. The first-order chi connectivity index (χ1) is 15.7. The van der Waals surface area contributed by atoms with Crippen molar-refractivity contribution in [3.05, 3.63) is 75.3 Å². The molecule has 2 aliphatic heterocycles. The summed E-state index contributed by atoms with van der Waals surface area (Å²) in [5.41, 5.74) is 0.636. The molecule has 2 aromatic carbocycles. The third kappa shape index (κ3) is 3.37. The number of amides is 6. The van der Waals surface area contributed by atoms with Crippen LogP contribution in [-0.4, -0.2) is 51.0 Å². The lowest BCUT2D eigenvalue weighted by molar-refractivity contribution is -0.384. The number of hydrogen-bond acceptors (Lipinski definition) is 7. The Morgan fingerprint density at radius 1 is 1.06 bits per heavy atom. The van der Waals surface area contributed by atoms with Crippen molar-refractivity contribution in [2.75, 3.05) is 6.54 Å². The highest BCUT2D eigenvalue weighted by atomic mass is 16.6. The molecule has 0 aromatic heterocycles. The number of carbonyl (C=O) groups excluding carboxylic acids is 5. The fourth-order valence-corrected chi connectivity index (χ4v) is 3.88. The van der Waals surface area contributed by atoms with Crippen LogP contribution in [-0.2, 0) is 15.1 Å². The summed E-state index contributed by atoms with van der Waals surface area (Å²) < 4.78 is 0. The van der Waals surface area contributed by atoms with Gasteiger partial charge in [-0.25, -0.2) is 4.79 Å². The van der Waals surface area contributed by atoms with Crippen molar-refractivity contribution in [1.29, 1.82) is 0 Å². The van der Waals surface area contributed by atoms with Crippen LogP contribution < -0.4 is 10.7 Å². The molecule has 1 saturated heterocycles. The first-order valence-electron chi connectivity index (χ1n) is 9.86. The van der Waals surface area contributed by atoms with Gasteiger partial charge in [0, 0.05) is 12.1 Å². The SMILES string of the molecule is CCC1(c2ccccc2)NC(=O)N(NC(=O)CN2C(=O)c3ccc([N+](=O)[O-])cc3C2=O)C1=O. The van der Waals surface area contributed by atoms with Gasteiger partial charge in [0.15, 0.2) is 0 Å². The Balaban J connectivity index is 1.51. The van der Waals surface area contributed by atoms with E-state index < -0.39 is 46.7 Å². The average Bonchev–Trinajstić information content (AvgIpc) is 3.20. The highest BCUT2D eigenvalue weighted by Crippen LogP contribution is 2.31. The minimum absolute atomic E-state index is 0.0810. The first-order valence-corrected chi connectivity index (χ1v) is 9.86. The molecule has 12 heteroatoms. The van der Waals surface area contributed by atoms with Gasteiger partial charge in [-0.15, -0.1) is 0 Å². The van der Waals surface area contributed by atoms with E-state index in [2.05, 4.69) is 10.7 Å². The molecule has 12 nitrogen and oxygen atoms in total. The Morgan fingerprint density at radius 2 is 1.73 bits per heavy atom. The van der Waals surface area contributed by atoms with Crippen LogP contribution in [0.15, 0.2) is 48.5 Å². The lowest BCUT2D eigenvalue weighted by atomic mass is 9.87. The average molecular weight is 451 g/mol. The van der Waals surface area contributed by atoms with E-state index in [0.717, 1.165) is 18.2 Å². The van der Waals surface area contributed by atoms with Crippen LogP contribution in [0.4, 0.5) is 10.5 Å². The van der Waals surface area contributed by atoms with Crippen molar-refractivity contribution in [2.24, 2.45) is 0 Å². The van der Waals surface area contributed by atoms with Gasteiger partial charge in [-0.1, -0.05) is 37.3 Å². The maximum atomic E-state index is 13.1. The molecule has 0 saturated carbocycles. The van der Waals surface area contributed by atoms with Crippen LogP contribution in [0.1, 0.15) is 39.6 Å². The second kappa shape index (κ2) is 7.82. The van der Waals surface area contributed by atoms with Crippen molar-refractivity contribution in [2.45, 2.75) is 18.9 Å². The van der Waals surface area contributed by atoms with Crippen molar-refractivity contribution >= 4 is 35.3 Å². The summed E-state index contributed by atoms with van der Waals surface area (Å²) in [4.78, 5) is 74.0. The summed E-state index contributed by atoms with van der Waals surface area (Å²) in [6.45, 7) is 0.913. The number of rotatable bonds is 6. The van der Waals surface area contributed by atoms with Crippen LogP contribution >= 0.6 is 0 Å². The number of benzene rings is 2. The number of nitro groups is 1. The topological polar surface area (TPSA) is 159 Å². The van der Waals surface area contributed by atoms with Gasteiger partial charge in [-0.2, -0.15) is 5.01 Å². The van der Waals surface area contributed by atoms with Crippen LogP contribution in [0, 0.1) is 10.1 Å². The fraction of sp³-hybridized carbons (Fsp3) is 0.190. The molecule has 2 N–H and O–H groups in total. The molecule has 0 radical (unpaired) electrons. The monoisotopic (exact) mass is 451 g/mol. The molecule has 0 bridgehead atoms. The second-order valence-corrected chi connectivity index (χ2v) is 7.41. The van der Waals surface area contributed by atoms with Crippen molar-refractivity contribution in [1.82, 2.24) is 20.7 Å². The number of fused-ring (bicyclic) bond motifs is 1. The Kier molecular flexibility index (Phi) is 5.12. The third-order valence-electron chi connectivity index (χ3n) is 5.59. The van der Waals surface area contributed by atoms with Gasteiger partial charge in [0.1, 0.15) is 12.1 Å². The fourth-order valence-electron chi connectivity index (χ4n) is 3.88. The molecule has 1 atom stereocenters. The zero-order valence-electron chi connectivity index (χ0n) is 17.2. The summed E-state index contributed by atoms with van der Waals surface area (Å²) in [6, 6.07) is 10.8. The molecule has 168 valence electrons. The molecule has 4 rings (SSSR count). The normalized spacial score (nSPS) is 19.5. The molecule has 2 aliphatic rings. The van der Waals surface area contributed by atoms with E-state index in [9.17, 15) is 34.1 Å². The largest absolute Gasteiger partial charge is 0.344 e. The van der Waals surface area contributed by atoms with Crippen LogP contribution in [0.3, 0.4) is 0 Å². The van der Waals surface area contributed by atoms with Gasteiger partial charge in [0.2, 0.25) is 0 Å². The van der Waals surface area contributed by atoms with E-state index in [1.54, 1.807) is 37.3 Å². The number of carbonyl (C=O) groups is 5. The summed E-state index contributed by atoms with van der Waals surface area (Å²) in [7, 11) is 0. The number of urea groups is 1. The van der Waals surface area contributed by atoms with Gasteiger partial charge < -0.3 is 5.32 Å². The van der Waals surface area contributed by atoms with E-state index in [-0.39, 0.29) is 23.2 Å². The van der Waals surface area contributed by atoms with Gasteiger partial charge in [0.25, 0.3) is 29.3 Å². The van der Waals surface area contributed by atoms with Gasteiger partial charge in [-0.3, -0.25) is 39.6 Å². The van der Waals surface area contributed by atoms with E-state index in [1.165, 1.54) is 0 Å². The van der Waals surface area contributed by atoms with Gasteiger partial charge in [-0.05, 0) is 18.1 Å². The van der Waals surface area contributed by atoms with Crippen molar-refractivity contribution < 1.29 is 28.9 Å². The molecule has 0 aliphatic carbocycles. The summed E-state index contributed by atoms with van der Waals surface area (Å²) in [5, 5.41) is 14.0. The Morgan fingerprint density at radius 3 is 2.36 bits per heavy atom. The number of nitrogens with zero attached hydrogens (tertiary/aromatic N) is 3. The van der Waals surface area contributed by atoms with E-state index >= 15 is 0 Å². The maximum Gasteiger partial charge on any atom is 0.344 e. The summed E-state index contributed by atoms with van der Waals surface area (Å²) >= 11 is 0. The minimum Gasteiger partial charge on any atom is -0.318 e. The molecule has 33 heavy (non-hydrogen) atoms. The highest BCUT2D eigenvalue weighted by Gasteiger charge is 2.52. The van der Waals surface area contributed by atoms with Gasteiger partial charge in [0.05, 0.1) is 16.1 Å². The maximum absolute atomic E-state index is 13.1. The predicted molar refractivity (Wildman–Crippen MR) is 110 cm³/mol. The molecule has 2 aromatic rings. The zero-order chi connectivity index (χ0) is 23.9. The number of imide groups is 2. The predicted octanol–water partition coefficient (Wildman–Crippen LogP) is 1.08. The van der Waals surface area contributed by atoms with E-state index in [4.69, 9.17) is 0 Å². The lowest BCUT2D eigenvalue weighted by Gasteiger charge is -2.25. The van der Waals surface area contributed by atoms with Crippen LogP contribution in [0.25, 0.3) is 0 Å². The number of hydrogen-bond donors (Lipinski definition) is 2. The number of nitrogens with one attached hydrogen (secondary N) is 2. The standard InChI is InChI=1S/C21H17N5O7/c1-2-21(12-6-4-3-5-7-12)19(30)25(20(31)22-21)23-16(27)11-24-17(28)14-9-8-13(26(32)33)10-15(14)18(24)29/h3-10H,2,11H2,1H3,(H,22,31)(H,23,27). The number of nitro benzene ring substituents is 1. The van der Waals surface area contributed by atoms with Crippen molar-refractivity contribution in [3.63, 3.8) is 0 Å². The molecular formula is C21H17N5O7. The number of hydrazine groups is 1. The summed E-state index contributed by atoms with van der Waals surface area (Å²) in [6.07, 6.45) is 0.213. The number of non-ortho nitro benzene ring substituents is 1. The smallest absolute Gasteiger partial charge is 0.318 e. The van der Waals surface area contributed by atoms with E-state index in [0.29, 0.717) is 15.5 Å². The van der Waals surface area contributed by atoms with E-state index in [1.807, 2.05) is 0 Å². The van der Waals surface area contributed by atoms with Crippen LogP contribution in [0.5, 0.6) is 0 Å². The molecule has 1 unspecified atom stereocenters. The quantitative estimate of drug-likeness (QED) is 0.288. The van der Waals surface area contributed by atoms with Crippen molar-refractivity contribution in [3.8, 4) is 0 Å². The first kappa shape index (κ1) is 21.6. The molecule has 1 fully saturated rings. The Bertz CT molecular complexity index is 1230. The minimum atomic E-state index is -1.37. The Hall–Kier alpha value is -4.61. The molecule has 6 amide bonds. The molecular weight excluding hydrogens is 434 g/mol. The molecule has 0 spiro atoms. The second-order valence-electron chi connectivity index (χ2n) is 7.41. The summed E-state index contributed by atoms with van der Waals surface area (Å²) in [5.74, 6) is -3.39. The molecule has 2 heterocycles. The Labute approximate surface area is 186 Å². The zero-order valence-corrected chi connectivity index (χ0v) is 17.2.